The highest BCUT2D eigenvalue weighted by Crippen LogP contribution is 1.97. The Labute approximate surface area is 97.7 Å². The summed E-state index contributed by atoms with van der Waals surface area (Å²) in [6, 6.07) is 9.96. The Kier molecular flexibility index (Phi) is 6.32. The molecule has 1 atom stereocenters. The summed E-state index contributed by atoms with van der Waals surface area (Å²) in [5.41, 5.74) is 1.05. The molecule has 0 fully saturated rings. The molecule has 0 saturated heterocycles. The standard InChI is InChI=1S/C14H19NO/c1-13(9-11-16)12-15-10-5-8-14-6-3-2-4-7-14/h2-4,6-7,13,15-16H,9-12H2,1H3. The maximum Gasteiger partial charge on any atom is 0.0580 e. The monoisotopic (exact) mass is 217 g/mol. The molecular formula is C14H19NO. The Balaban J connectivity index is 2.19. The van der Waals surface area contributed by atoms with Gasteiger partial charge >= 0.3 is 0 Å². The first-order chi connectivity index (χ1) is 7.83. The smallest absolute Gasteiger partial charge is 0.0580 e. The van der Waals surface area contributed by atoms with E-state index in [4.69, 9.17) is 5.11 Å². The number of hydrogen-bond donors (Lipinski definition) is 2. The molecule has 1 unspecified atom stereocenters. The molecule has 1 aromatic rings. The largest absolute Gasteiger partial charge is 0.396 e. The van der Waals surface area contributed by atoms with Gasteiger partial charge in [-0.25, -0.2) is 0 Å². The second kappa shape index (κ2) is 7.92. The van der Waals surface area contributed by atoms with Crippen LogP contribution in [0.4, 0.5) is 0 Å². The Morgan fingerprint density at radius 2 is 2.06 bits per heavy atom. The second-order valence-corrected chi connectivity index (χ2v) is 3.92. The summed E-state index contributed by atoms with van der Waals surface area (Å²) >= 11 is 0. The lowest BCUT2D eigenvalue weighted by atomic mass is 10.1. The highest BCUT2D eigenvalue weighted by atomic mass is 16.3. The van der Waals surface area contributed by atoms with E-state index in [0.29, 0.717) is 12.5 Å². The van der Waals surface area contributed by atoms with Gasteiger partial charge in [0.15, 0.2) is 0 Å². The first kappa shape index (κ1) is 12.8. The average molecular weight is 217 g/mol. The van der Waals surface area contributed by atoms with Crippen LogP contribution in [0.1, 0.15) is 18.9 Å². The highest BCUT2D eigenvalue weighted by Gasteiger charge is 1.98. The van der Waals surface area contributed by atoms with Gasteiger partial charge in [-0.2, -0.15) is 0 Å². The highest BCUT2D eigenvalue weighted by molar-refractivity contribution is 5.33. The van der Waals surface area contributed by atoms with Crippen LogP contribution in [0.5, 0.6) is 0 Å². The van der Waals surface area contributed by atoms with Gasteiger partial charge in [-0.3, -0.25) is 0 Å². The molecule has 0 heterocycles. The number of aliphatic hydroxyl groups excluding tert-OH is 1. The number of nitrogens with one attached hydrogen (secondary N) is 1. The van der Waals surface area contributed by atoms with Crippen molar-refractivity contribution >= 4 is 0 Å². The minimum absolute atomic E-state index is 0.262. The van der Waals surface area contributed by atoms with Crippen LogP contribution in [0.15, 0.2) is 30.3 Å². The molecule has 1 rings (SSSR count). The van der Waals surface area contributed by atoms with E-state index in [2.05, 4.69) is 24.1 Å². The molecule has 0 aliphatic rings. The van der Waals surface area contributed by atoms with Crippen LogP contribution in [-0.4, -0.2) is 24.8 Å². The lowest BCUT2D eigenvalue weighted by Crippen LogP contribution is -2.22. The number of rotatable bonds is 5. The van der Waals surface area contributed by atoms with Gasteiger partial charge in [0.05, 0.1) is 6.54 Å². The van der Waals surface area contributed by atoms with Crippen molar-refractivity contribution in [1.82, 2.24) is 5.32 Å². The van der Waals surface area contributed by atoms with Crippen molar-refractivity contribution in [1.29, 1.82) is 0 Å². The number of benzene rings is 1. The summed E-state index contributed by atoms with van der Waals surface area (Å²) < 4.78 is 0. The molecule has 0 bridgehead atoms. The quantitative estimate of drug-likeness (QED) is 0.580. The fraction of sp³-hybridized carbons (Fsp3) is 0.429. The zero-order valence-electron chi connectivity index (χ0n) is 9.74. The van der Waals surface area contributed by atoms with Crippen molar-refractivity contribution in [3.05, 3.63) is 35.9 Å². The molecule has 0 aromatic heterocycles. The van der Waals surface area contributed by atoms with Crippen molar-refractivity contribution < 1.29 is 5.11 Å². The van der Waals surface area contributed by atoms with Crippen molar-refractivity contribution in [3.8, 4) is 11.8 Å². The van der Waals surface area contributed by atoms with Gasteiger partial charge in [-0.1, -0.05) is 37.0 Å². The van der Waals surface area contributed by atoms with Crippen LogP contribution >= 0.6 is 0 Å². The molecule has 0 saturated carbocycles. The van der Waals surface area contributed by atoms with Gasteiger partial charge in [-0.05, 0) is 31.0 Å². The normalized spacial score (nSPS) is 11.6. The van der Waals surface area contributed by atoms with Gasteiger partial charge in [-0.15, -0.1) is 0 Å². The van der Waals surface area contributed by atoms with E-state index >= 15 is 0 Å². The number of hydrogen-bond acceptors (Lipinski definition) is 2. The van der Waals surface area contributed by atoms with Crippen LogP contribution in [0.3, 0.4) is 0 Å². The molecule has 0 spiro atoms. The molecule has 2 N–H and O–H groups in total. The molecule has 86 valence electrons. The topological polar surface area (TPSA) is 32.3 Å². The first-order valence-electron chi connectivity index (χ1n) is 5.68. The SMILES string of the molecule is CC(CCO)CNCC#Cc1ccccc1. The third kappa shape index (κ3) is 5.55. The Morgan fingerprint density at radius 1 is 1.31 bits per heavy atom. The van der Waals surface area contributed by atoms with E-state index in [0.717, 1.165) is 18.5 Å². The van der Waals surface area contributed by atoms with Gasteiger partial charge < -0.3 is 10.4 Å². The van der Waals surface area contributed by atoms with E-state index < -0.39 is 0 Å². The predicted octanol–water partition coefficient (Wildman–Crippen LogP) is 1.65. The van der Waals surface area contributed by atoms with Crippen molar-refractivity contribution in [3.63, 3.8) is 0 Å². The van der Waals surface area contributed by atoms with Crippen LogP contribution in [0, 0.1) is 17.8 Å². The fourth-order valence-electron chi connectivity index (χ4n) is 1.37. The molecule has 1 aromatic carbocycles. The summed E-state index contributed by atoms with van der Waals surface area (Å²) in [5.74, 6) is 6.67. The zero-order valence-corrected chi connectivity index (χ0v) is 9.74. The van der Waals surface area contributed by atoms with E-state index in [-0.39, 0.29) is 6.61 Å². The number of aliphatic hydroxyl groups is 1. The molecule has 2 heteroatoms. The lowest BCUT2D eigenvalue weighted by molar-refractivity contribution is 0.261. The van der Waals surface area contributed by atoms with E-state index in [1.165, 1.54) is 0 Å². The summed E-state index contributed by atoms with van der Waals surface area (Å²) in [4.78, 5) is 0. The molecule has 0 aliphatic carbocycles. The zero-order chi connectivity index (χ0) is 11.6. The Hall–Kier alpha value is -1.30. The summed E-state index contributed by atoms with van der Waals surface area (Å²) in [7, 11) is 0. The van der Waals surface area contributed by atoms with Gasteiger partial charge in [0.2, 0.25) is 0 Å². The van der Waals surface area contributed by atoms with E-state index in [1.807, 2.05) is 30.3 Å². The first-order valence-corrected chi connectivity index (χ1v) is 5.68. The van der Waals surface area contributed by atoms with Crippen molar-refractivity contribution in [2.24, 2.45) is 5.92 Å². The maximum absolute atomic E-state index is 8.73. The van der Waals surface area contributed by atoms with Gasteiger partial charge in [0.1, 0.15) is 0 Å². The van der Waals surface area contributed by atoms with Crippen LogP contribution in [0.2, 0.25) is 0 Å². The van der Waals surface area contributed by atoms with Gasteiger partial charge in [0.25, 0.3) is 0 Å². The third-order valence-corrected chi connectivity index (χ3v) is 2.33. The molecule has 0 radical (unpaired) electrons. The fourth-order valence-corrected chi connectivity index (χ4v) is 1.37. The Morgan fingerprint density at radius 3 is 2.75 bits per heavy atom. The lowest BCUT2D eigenvalue weighted by Gasteiger charge is -2.08. The third-order valence-electron chi connectivity index (χ3n) is 2.33. The summed E-state index contributed by atoms with van der Waals surface area (Å²) in [5, 5.41) is 12.0. The second-order valence-electron chi connectivity index (χ2n) is 3.92. The minimum Gasteiger partial charge on any atom is -0.396 e. The van der Waals surface area contributed by atoms with Crippen LogP contribution < -0.4 is 5.32 Å². The average Bonchev–Trinajstić information content (AvgIpc) is 2.30. The molecular weight excluding hydrogens is 198 g/mol. The Bertz CT molecular complexity index is 337. The van der Waals surface area contributed by atoms with Crippen LogP contribution in [-0.2, 0) is 0 Å². The van der Waals surface area contributed by atoms with Crippen molar-refractivity contribution in [2.45, 2.75) is 13.3 Å². The van der Waals surface area contributed by atoms with E-state index in [1.54, 1.807) is 0 Å². The maximum atomic E-state index is 8.73. The van der Waals surface area contributed by atoms with Crippen LogP contribution in [0.25, 0.3) is 0 Å². The molecule has 16 heavy (non-hydrogen) atoms. The molecule has 2 nitrogen and oxygen atoms in total. The summed E-state index contributed by atoms with van der Waals surface area (Å²) in [6.07, 6.45) is 0.846. The summed E-state index contributed by atoms with van der Waals surface area (Å²) in [6.45, 7) is 3.99. The van der Waals surface area contributed by atoms with E-state index in [9.17, 15) is 0 Å². The minimum atomic E-state index is 0.262. The molecule has 0 aliphatic heterocycles. The van der Waals surface area contributed by atoms with Crippen molar-refractivity contribution in [2.75, 3.05) is 19.7 Å². The predicted molar refractivity (Wildman–Crippen MR) is 67.1 cm³/mol. The van der Waals surface area contributed by atoms with Gasteiger partial charge in [0, 0.05) is 12.2 Å². The molecule has 0 amide bonds.